The van der Waals surface area contributed by atoms with Gasteiger partial charge in [-0.2, -0.15) is 9.94 Å². The van der Waals surface area contributed by atoms with Crippen molar-refractivity contribution in [1.82, 2.24) is 10.2 Å². The lowest BCUT2D eigenvalue weighted by atomic mass is 9.91. The fraction of sp³-hybridized carbons (Fsp3) is 0.263. The maximum atomic E-state index is 5.96. The normalized spacial score (nSPS) is 23.1. The molecule has 0 aromatic carbocycles. The molecule has 1 unspecified atom stereocenters. The first-order chi connectivity index (χ1) is 12.2. The molecule has 1 aliphatic carbocycles. The summed E-state index contributed by atoms with van der Waals surface area (Å²) in [6, 6.07) is 0. The molecule has 0 saturated carbocycles. The predicted molar refractivity (Wildman–Crippen MR) is 94.2 cm³/mol. The molecule has 126 valence electrons. The predicted octanol–water partition coefficient (Wildman–Crippen LogP) is 0.908. The van der Waals surface area contributed by atoms with Crippen LogP contribution in [0.4, 0.5) is 5.82 Å². The lowest BCUT2D eigenvalue weighted by molar-refractivity contribution is -0.962. The monoisotopic (exact) mass is 335 g/mol. The van der Waals surface area contributed by atoms with E-state index in [9.17, 15) is 0 Å². The fourth-order valence-corrected chi connectivity index (χ4v) is 3.66. The molecule has 6 heteroatoms. The maximum Gasteiger partial charge on any atom is 0.335 e. The molecule has 1 aromatic rings. The summed E-state index contributed by atoms with van der Waals surface area (Å²) >= 11 is 0. The van der Waals surface area contributed by atoms with Gasteiger partial charge >= 0.3 is 5.88 Å². The highest BCUT2D eigenvalue weighted by atomic mass is 16.7. The summed E-state index contributed by atoms with van der Waals surface area (Å²) in [5.41, 5.74) is 3.36. The Bertz CT molecular complexity index is 997. The van der Waals surface area contributed by atoms with E-state index in [1.54, 1.807) is 20.4 Å². The Labute approximate surface area is 146 Å². The van der Waals surface area contributed by atoms with Gasteiger partial charge in [-0.25, -0.2) is 0 Å². The van der Waals surface area contributed by atoms with Crippen molar-refractivity contribution in [1.29, 1.82) is 0 Å². The summed E-state index contributed by atoms with van der Waals surface area (Å²) in [6.45, 7) is 0.375. The van der Waals surface area contributed by atoms with Gasteiger partial charge in [-0.05, 0) is 18.4 Å². The largest absolute Gasteiger partial charge is 0.452 e. The van der Waals surface area contributed by atoms with E-state index < -0.39 is 0 Å². The third-order valence-corrected chi connectivity index (χ3v) is 4.72. The van der Waals surface area contributed by atoms with Crippen LogP contribution >= 0.6 is 0 Å². The molecule has 0 bridgehead atoms. The van der Waals surface area contributed by atoms with Crippen molar-refractivity contribution >= 4 is 17.7 Å². The molecule has 0 saturated heterocycles. The van der Waals surface area contributed by atoms with Crippen molar-refractivity contribution in [2.75, 3.05) is 26.1 Å². The van der Waals surface area contributed by atoms with Gasteiger partial charge in [-0.1, -0.05) is 22.7 Å². The van der Waals surface area contributed by atoms with Gasteiger partial charge in [0.05, 0.1) is 37.4 Å². The van der Waals surface area contributed by atoms with Crippen molar-refractivity contribution in [3.8, 4) is 12.3 Å². The minimum Gasteiger partial charge on any atom is -0.452 e. The standard InChI is InChI=1S/C19H19N4O2/c1-4-9-20-19-17-14(11-21-22-19)12-23(25-3)16(24-2)10-13-7-5-6-8-15(13)18(17)23/h1,6,8,10-12H,5,7,9H2,2-3H3,(H,20,22)/q+1. The molecule has 6 nitrogen and oxygen atoms in total. The summed E-state index contributed by atoms with van der Waals surface area (Å²) in [5.74, 6) is 3.95. The van der Waals surface area contributed by atoms with Gasteiger partial charge in [-0.15, -0.1) is 11.5 Å². The number of methoxy groups -OCH3 is 1. The van der Waals surface area contributed by atoms with Gasteiger partial charge in [-0.3, -0.25) is 0 Å². The summed E-state index contributed by atoms with van der Waals surface area (Å²) < 4.78 is 5.75. The zero-order chi connectivity index (χ0) is 17.4. The first-order valence-corrected chi connectivity index (χ1v) is 8.12. The second-order valence-electron chi connectivity index (χ2n) is 5.97. The number of quaternary nitrogens is 1. The van der Waals surface area contributed by atoms with Gasteiger partial charge in [0.15, 0.2) is 17.7 Å². The van der Waals surface area contributed by atoms with E-state index in [0.29, 0.717) is 18.2 Å². The number of ether oxygens (including phenoxy) is 1. The molecule has 1 N–H and O–H groups in total. The van der Waals surface area contributed by atoms with Crippen LogP contribution in [0.1, 0.15) is 12.8 Å². The number of hydrogen-bond acceptors (Lipinski definition) is 5. The molecule has 0 fully saturated rings. The third kappa shape index (κ3) is 2.14. The number of aromatic nitrogens is 2. The lowest BCUT2D eigenvalue weighted by Gasteiger charge is -2.34. The second-order valence-corrected chi connectivity index (χ2v) is 5.97. The number of fused-ring (bicyclic) bond motifs is 3. The first kappa shape index (κ1) is 15.6. The van der Waals surface area contributed by atoms with E-state index in [4.69, 9.17) is 16.0 Å². The van der Waals surface area contributed by atoms with E-state index >= 15 is 0 Å². The molecule has 3 heterocycles. The third-order valence-electron chi connectivity index (χ3n) is 4.72. The van der Waals surface area contributed by atoms with Gasteiger partial charge in [0.1, 0.15) is 0 Å². The first-order valence-electron chi connectivity index (χ1n) is 8.12. The van der Waals surface area contributed by atoms with Crippen LogP contribution in [0.5, 0.6) is 0 Å². The van der Waals surface area contributed by atoms with Crippen molar-refractivity contribution in [2.45, 2.75) is 12.8 Å². The number of nitrogens with one attached hydrogen (secondary N) is 1. The Morgan fingerprint density at radius 1 is 1.40 bits per heavy atom. The van der Waals surface area contributed by atoms with E-state index in [-0.39, 0.29) is 4.65 Å². The Morgan fingerprint density at radius 2 is 2.28 bits per heavy atom. The Hall–Kier alpha value is -2.88. The molecular weight excluding hydrogens is 316 g/mol. The van der Waals surface area contributed by atoms with Crippen LogP contribution in [0.3, 0.4) is 0 Å². The van der Waals surface area contributed by atoms with Crippen LogP contribution in [0, 0.1) is 12.3 Å². The molecule has 1 atom stereocenters. The van der Waals surface area contributed by atoms with Crippen molar-refractivity contribution in [2.24, 2.45) is 0 Å². The number of nitrogens with zero attached hydrogens (tertiary/aromatic N) is 3. The smallest absolute Gasteiger partial charge is 0.335 e. The van der Waals surface area contributed by atoms with Crippen molar-refractivity contribution in [3.63, 3.8) is 0 Å². The minimum atomic E-state index is 0.0487. The molecule has 2 aliphatic heterocycles. The van der Waals surface area contributed by atoms with Crippen LogP contribution < -0.4 is 15.8 Å². The minimum absolute atomic E-state index is 0.0487. The van der Waals surface area contributed by atoms with Gasteiger partial charge < -0.3 is 10.1 Å². The highest BCUT2D eigenvalue weighted by molar-refractivity contribution is 5.74. The number of hydrogen-bond donors (Lipinski definition) is 1. The quantitative estimate of drug-likeness (QED) is 0.655. The molecule has 4 rings (SSSR count). The van der Waals surface area contributed by atoms with Crippen molar-refractivity contribution < 1.29 is 14.2 Å². The van der Waals surface area contributed by atoms with Crippen LogP contribution in [0.2, 0.25) is 0 Å². The SMILES string of the molecule is C#CCNc1nncc2c1=C1C3=C(C=C(OC)[N+]1(OC)C=2)CCC=C3. The molecule has 0 radical (unpaired) electrons. The highest BCUT2D eigenvalue weighted by Crippen LogP contribution is 2.43. The second kappa shape index (κ2) is 5.88. The molecule has 0 spiro atoms. The Kier molecular flexibility index (Phi) is 3.68. The molecular formula is C19H19N4O2+. The van der Waals surface area contributed by atoms with Gasteiger partial charge in [0.25, 0.3) is 0 Å². The average molecular weight is 335 g/mol. The summed E-state index contributed by atoms with van der Waals surface area (Å²) in [5, 5.41) is 13.4. The number of rotatable bonds is 4. The summed E-state index contributed by atoms with van der Waals surface area (Å²) in [6.07, 6.45) is 17.5. The van der Waals surface area contributed by atoms with E-state index in [1.165, 1.54) is 5.57 Å². The lowest BCUT2D eigenvalue weighted by Crippen LogP contribution is -2.42. The molecule has 0 amide bonds. The summed E-state index contributed by atoms with van der Waals surface area (Å²) in [7, 11) is 3.33. The Morgan fingerprint density at radius 3 is 3.04 bits per heavy atom. The van der Waals surface area contributed by atoms with Gasteiger partial charge in [0.2, 0.25) is 0 Å². The number of hydroxylamine groups is 3. The number of terminal acetylenes is 1. The molecule has 1 aromatic heterocycles. The highest BCUT2D eigenvalue weighted by Gasteiger charge is 2.49. The zero-order valence-electron chi connectivity index (χ0n) is 14.2. The van der Waals surface area contributed by atoms with Crippen LogP contribution in [-0.4, -0.2) is 35.6 Å². The fourth-order valence-electron chi connectivity index (χ4n) is 3.66. The topological polar surface area (TPSA) is 56.3 Å². The number of anilines is 1. The maximum absolute atomic E-state index is 5.96. The van der Waals surface area contributed by atoms with E-state index in [0.717, 1.165) is 34.5 Å². The zero-order valence-corrected chi connectivity index (χ0v) is 14.2. The average Bonchev–Trinajstić information content (AvgIpc) is 3.02. The summed E-state index contributed by atoms with van der Waals surface area (Å²) in [4.78, 5) is 5.96. The van der Waals surface area contributed by atoms with Gasteiger partial charge in [0, 0.05) is 11.6 Å². The van der Waals surface area contributed by atoms with Crippen LogP contribution in [-0.2, 0) is 9.57 Å². The van der Waals surface area contributed by atoms with Crippen LogP contribution in [0.25, 0.3) is 11.9 Å². The molecule has 3 aliphatic rings. The molecule has 25 heavy (non-hydrogen) atoms. The Balaban J connectivity index is 2.10. The van der Waals surface area contributed by atoms with E-state index in [2.05, 4.69) is 39.7 Å². The van der Waals surface area contributed by atoms with Crippen molar-refractivity contribution in [3.05, 3.63) is 51.9 Å². The van der Waals surface area contributed by atoms with E-state index in [1.807, 2.05) is 6.20 Å². The number of allylic oxidation sites excluding steroid dienone is 3. The van der Waals surface area contributed by atoms with Crippen LogP contribution in [0.15, 0.2) is 41.5 Å².